The fourth-order valence-corrected chi connectivity index (χ4v) is 2.73. The van der Waals surface area contributed by atoms with Crippen molar-refractivity contribution >= 4 is 11.9 Å². The average Bonchev–Trinajstić information content (AvgIpc) is 2.77. The molecule has 0 saturated carbocycles. The van der Waals surface area contributed by atoms with Crippen LogP contribution >= 0.6 is 0 Å². The number of halogens is 3. The molecule has 0 aromatic heterocycles. The molecule has 168 valence electrons. The Kier molecular flexibility index (Phi) is 9.17. The van der Waals surface area contributed by atoms with Crippen LogP contribution in [-0.2, 0) is 17.9 Å². The van der Waals surface area contributed by atoms with Crippen molar-refractivity contribution in [1.29, 1.82) is 0 Å². The van der Waals surface area contributed by atoms with E-state index >= 15 is 0 Å². The maximum Gasteiger partial charge on any atom is 0.422 e. The molecule has 9 heteroatoms. The quantitative estimate of drug-likeness (QED) is 0.468. The van der Waals surface area contributed by atoms with E-state index in [-0.39, 0.29) is 18.2 Å². The Hall–Kier alpha value is -3.23. The molecule has 31 heavy (non-hydrogen) atoms. The monoisotopic (exact) mass is 436 g/mol. The van der Waals surface area contributed by atoms with E-state index in [9.17, 15) is 18.0 Å². The largest absolute Gasteiger partial charge is 0.484 e. The van der Waals surface area contributed by atoms with Crippen LogP contribution in [0.2, 0.25) is 0 Å². The molecule has 0 unspecified atom stereocenters. The number of carbonyl (C=O) groups excluding carboxylic acids is 1. The minimum atomic E-state index is -4.37. The summed E-state index contributed by atoms with van der Waals surface area (Å²) in [6.45, 7) is 2.20. The van der Waals surface area contributed by atoms with Gasteiger partial charge in [0.25, 0.3) is 0 Å². The van der Waals surface area contributed by atoms with Gasteiger partial charge in [-0.2, -0.15) is 13.2 Å². The number of aliphatic imine (C=N–C) groups is 1. The van der Waals surface area contributed by atoms with E-state index in [4.69, 9.17) is 0 Å². The Balaban J connectivity index is 1.79. The lowest BCUT2D eigenvalue weighted by atomic mass is 10.2. The number of rotatable bonds is 9. The van der Waals surface area contributed by atoms with Crippen LogP contribution in [0.3, 0.4) is 0 Å². The Morgan fingerprint density at radius 1 is 1.03 bits per heavy atom. The summed E-state index contributed by atoms with van der Waals surface area (Å²) in [6.07, 6.45) is -4.37. The number of hydrogen-bond donors (Lipinski definition) is 2. The van der Waals surface area contributed by atoms with E-state index in [1.54, 1.807) is 24.1 Å². The van der Waals surface area contributed by atoms with Crippen LogP contribution in [0.15, 0.2) is 59.6 Å². The predicted octanol–water partition coefficient (Wildman–Crippen LogP) is 3.34. The molecule has 2 aromatic rings. The molecule has 0 spiro atoms. The summed E-state index contributed by atoms with van der Waals surface area (Å²) in [5, 5.41) is 6.06. The van der Waals surface area contributed by atoms with Crippen molar-refractivity contribution in [1.82, 2.24) is 15.5 Å². The summed E-state index contributed by atoms with van der Waals surface area (Å²) in [4.78, 5) is 18.4. The summed E-state index contributed by atoms with van der Waals surface area (Å²) in [6, 6.07) is 16.0. The number of nitrogens with one attached hydrogen (secondary N) is 2. The van der Waals surface area contributed by atoms with Crippen LogP contribution in [-0.4, -0.2) is 49.7 Å². The number of alkyl halides is 3. The molecule has 1 amide bonds. The lowest BCUT2D eigenvalue weighted by Gasteiger charge is -2.22. The first kappa shape index (κ1) is 24.0. The van der Waals surface area contributed by atoms with Gasteiger partial charge < -0.3 is 20.3 Å². The molecule has 0 atom stereocenters. The number of benzene rings is 2. The summed E-state index contributed by atoms with van der Waals surface area (Å²) in [7, 11) is 1.59. The van der Waals surface area contributed by atoms with E-state index in [0.717, 1.165) is 11.1 Å². The topological polar surface area (TPSA) is 66.0 Å². The highest BCUT2D eigenvalue weighted by Crippen LogP contribution is 2.18. The van der Waals surface area contributed by atoms with Gasteiger partial charge >= 0.3 is 6.18 Å². The van der Waals surface area contributed by atoms with Crippen LogP contribution < -0.4 is 15.4 Å². The van der Waals surface area contributed by atoms with E-state index in [1.165, 1.54) is 12.1 Å². The van der Waals surface area contributed by atoms with Crippen molar-refractivity contribution in [3.05, 3.63) is 65.7 Å². The smallest absolute Gasteiger partial charge is 0.422 e. The minimum Gasteiger partial charge on any atom is -0.484 e. The molecule has 6 nitrogen and oxygen atoms in total. The fraction of sp³-hybridized carbons (Fsp3) is 0.364. The molecule has 0 aliphatic carbocycles. The highest BCUT2D eigenvalue weighted by atomic mass is 19.4. The van der Waals surface area contributed by atoms with E-state index < -0.39 is 12.8 Å². The van der Waals surface area contributed by atoms with Gasteiger partial charge in [0.15, 0.2) is 12.6 Å². The zero-order valence-electron chi connectivity index (χ0n) is 17.6. The van der Waals surface area contributed by atoms with Gasteiger partial charge in [0.1, 0.15) is 5.75 Å². The molecule has 2 aromatic carbocycles. The molecule has 2 rings (SSSR count). The molecule has 0 aliphatic heterocycles. The van der Waals surface area contributed by atoms with Crippen molar-refractivity contribution in [2.24, 2.45) is 4.99 Å². The Bertz CT molecular complexity index is 840. The third kappa shape index (κ3) is 8.98. The number of ether oxygens (including phenoxy) is 1. The third-order valence-electron chi connectivity index (χ3n) is 4.37. The lowest BCUT2D eigenvalue weighted by molar-refractivity contribution is -0.153. The maximum atomic E-state index is 12.5. The summed E-state index contributed by atoms with van der Waals surface area (Å²) in [5.41, 5.74) is 1.88. The normalized spacial score (nSPS) is 11.7. The summed E-state index contributed by atoms with van der Waals surface area (Å²) in [5.74, 6) is 0.536. The molecule has 0 fully saturated rings. The number of hydrogen-bond acceptors (Lipinski definition) is 3. The number of likely N-dealkylation sites (N-methyl/N-ethyl adjacent to an activating group) is 1. The zero-order chi connectivity index (χ0) is 22.7. The Morgan fingerprint density at radius 3 is 2.29 bits per heavy atom. The first-order valence-corrected chi connectivity index (χ1v) is 9.85. The van der Waals surface area contributed by atoms with Crippen LogP contribution in [0.25, 0.3) is 0 Å². The predicted molar refractivity (Wildman–Crippen MR) is 114 cm³/mol. The van der Waals surface area contributed by atoms with Crippen molar-refractivity contribution in [2.45, 2.75) is 26.2 Å². The van der Waals surface area contributed by atoms with Crippen LogP contribution in [0.4, 0.5) is 13.2 Å². The first-order chi connectivity index (χ1) is 14.8. The summed E-state index contributed by atoms with van der Waals surface area (Å²) >= 11 is 0. The molecule has 0 heterocycles. The second kappa shape index (κ2) is 11.8. The lowest BCUT2D eigenvalue weighted by Crippen LogP contribution is -2.44. The fourth-order valence-electron chi connectivity index (χ4n) is 2.73. The van der Waals surface area contributed by atoms with Gasteiger partial charge in [-0.05, 0) is 30.2 Å². The molecular formula is C22H27F3N4O2. The molecule has 2 N–H and O–H groups in total. The molecule has 0 aliphatic rings. The van der Waals surface area contributed by atoms with Crippen molar-refractivity contribution < 1.29 is 22.7 Å². The van der Waals surface area contributed by atoms with Crippen molar-refractivity contribution in [2.75, 3.05) is 26.7 Å². The van der Waals surface area contributed by atoms with Crippen molar-refractivity contribution in [3.8, 4) is 5.75 Å². The highest BCUT2D eigenvalue weighted by molar-refractivity contribution is 5.86. The van der Waals surface area contributed by atoms with Gasteiger partial charge in [0.05, 0.1) is 6.54 Å². The number of guanidine groups is 1. The zero-order valence-corrected chi connectivity index (χ0v) is 17.6. The van der Waals surface area contributed by atoms with Gasteiger partial charge in [-0.3, -0.25) is 9.79 Å². The van der Waals surface area contributed by atoms with Crippen LogP contribution in [0.1, 0.15) is 18.1 Å². The number of carbonyl (C=O) groups is 1. The second-order valence-corrected chi connectivity index (χ2v) is 6.72. The molecular weight excluding hydrogens is 409 g/mol. The molecule has 0 saturated heterocycles. The van der Waals surface area contributed by atoms with E-state index in [1.807, 2.05) is 37.3 Å². The van der Waals surface area contributed by atoms with Gasteiger partial charge in [-0.25, -0.2) is 0 Å². The molecule has 0 bridgehead atoms. The Labute approximate surface area is 180 Å². The van der Waals surface area contributed by atoms with Gasteiger partial charge in [-0.15, -0.1) is 0 Å². The maximum absolute atomic E-state index is 12.5. The number of amides is 1. The van der Waals surface area contributed by atoms with Gasteiger partial charge in [0, 0.05) is 26.7 Å². The number of nitrogens with zero attached hydrogens (tertiary/aromatic N) is 2. The average molecular weight is 436 g/mol. The van der Waals surface area contributed by atoms with Crippen molar-refractivity contribution in [3.63, 3.8) is 0 Å². The third-order valence-corrected chi connectivity index (χ3v) is 4.37. The SMILES string of the molecule is CCN(Cc1ccccc1)C(=O)CNC(=NC)NCc1ccc(OCC(F)(F)F)cc1. The summed E-state index contributed by atoms with van der Waals surface area (Å²) < 4.78 is 41.3. The van der Waals surface area contributed by atoms with E-state index in [2.05, 4.69) is 20.4 Å². The first-order valence-electron chi connectivity index (χ1n) is 9.85. The standard InChI is InChI=1S/C22H27F3N4O2/c1-3-29(15-18-7-5-4-6-8-18)20(30)14-28-21(26-2)27-13-17-9-11-19(12-10-17)31-16-22(23,24)25/h4-12H,3,13-16H2,1-2H3,(H2,26,27,28). The molecule has 0 radical (unpaired) electrons. The van der Waals surface area contributed by atoms with Gasteiger partial charge in [0.2, 0.25) is 5.91 Å². The van der Waals surface area contributed by atoms with Crippen LogP contribution in [0, 0.1) is 0 Å². The Morgan fingerprint density at radius 2 is 1.71 bits per heavy atom. The second-order valence-electron chi connectivity index (χ2n) is 6.72. The van der Waals surface area contributed by atoms with Crippen LogP contribution in [0.5, 0.6) is 5.75 Å². The van der Waals surface area contributed by atoms with Gasteiger partial charge in [-0.1, -0.05) is 42.5 Å². The highest BCUT2D eigenvalue weighted by Gasteiger charge is 2.28. The van der Waals surface area contributed by atoms with E-state index in [0.29, 0.717) is 25.6 Å². The minimum absolute atomic E-state index is 0.0551.